The quantitative estimate of drug-likeness (QED) is 0.770. The number of halogens is 1. The van der Waals surface area contributed by atoms with E-state index >= 15 is 0 Å². The Hall–Kier alpha value is -2.18. The zero-order valence-corrected chi connectivity index (χ0v) is 14.1. The lowest BCUT2D eigenvalue weighted by atomic mass is 10.1. The smallest absolute Gasteiger partial charge is 0.268 e. The van der Waals surface area contributed by atoms with Crippen molar-refractivity contribution < 1.29 is 9.53 Å². The van der Waals surface area contributed by atoms with Gasteiger partial charge in [0.1, 0.15) is 16.8 Å². The summed E-state index contributed by atoms with van der Waals surface area (Å²) in [6.45, 7) is 3.39. The Kier molecular flexibility index (Phi) is 4.19. The average Bonchev–Trinajstić information content (AvgIpc) is 2.99. The van der Waals surface area contributed by atoms with E-state index in [0.29, 0.717) is 27.5 Å². The Morgan fingerprint density at radius 1 is 1.17 bits per heavy atom. The van der Waals surface area contributed by atoms with Gasteiger partial charge in [-0.05, 0) is 38.1 Å². The third-order valence-corrected chi connectivity index (χ3v) is 4.14. The molecule has 118 valence electrons. The predicted octanol–water partition coefficient (Wildman–Crippen LogP) is 4.14. The standard InChI is InChI=1S/C16H14ClN3O2S/c1-16(2,22-10-6-4-3-5-7-10)15(21)18-13-11(17)8-9-12-14(13)20-23-19-12/h3-9H,1-2H3,(H,18,21). The Balaban J connectivity index is 1.85. The largest absolute Gasteiger partial charge is 0.478 e. The van der Waals surface area contributed by atoms with E-state index in [-0.39, 0.29) is 5.91 Å². The third kappa shape index (κ3) is 3.28. The van der Waals surface area contributed by atoms with Gasteiger partial charge in [-0.1, -0.05) is 29.8 Å². The number of nitrogens with zero attached hydrogens (tertiary/aromatic N) is 2. The summed E-state index contributed by atoms with van der Waals surface area (Å²) in [6.07, 6.45) is 0. The van der Waals surface area contributed by atoms with Crippen LogP contribution < -0.4 is 10.1 Å². The van der Waals surface area contributed by atoms with Crippen molar-refractivity contribution in [1.82, 2.24) is 8.75 Å². The average molecular weight is 348 g/mol. The van der Waals surface area contributed by atoms with Crippen LogP contribution in [0.2, 0.25) is 5.02 Å². The molecule has 0 radical (unpaired) electrons. The lowest BCUT2D eigenvalue weighted by molar-refractivity contribution is -0.128. The van der Waals surface area contributed by atoms with Crippen molar-refractivity contribution in [2.24, 2.45) is 0 Å². The van der Waals surface area contributed by atoms with Crippen LogP contribution >= 0.6 is 23.3 Å². The van der Waals surface area contributed by atoms with Gasteiger partial charge in [-0.3, -0.25) is 4.79 Å². The monoisotopic (exact) mass is 347 g/mol. The van der Waals surface area contributed by atoms with Gasteiger partial charge >= 0.3 is 0 Å². The van der Waals surface area contributed by atoms with Gasteiger partial charge in [0.15, 0.2) is 5.60 Å². The number of carbonyl (C=O) groups excluding carboxylic acids is 1. The summed E-state index contributed by atoms with van der Waals surface area (Å²) < 4.78 is 14.1. The van der Waals surface area contributed by atoms with Crippen LogP contribution in [0, 0.1) is 0 Å². The molecule has 3 rings (SSSR count). The zero-order chi connectivity index (χ0) is 16.4. The fourth-order valence-corrected chi connectivity index (χ4v) is 2.78. The Bertz CT molecular complexity index is 849. The van der Waals surface area contributed by atoms with Crippen LogP contribution in [0.4, 0.5) is 5.69 Å². The Morgan fingerprint density at radius 2 is 1.91 bits per heavy atom. The molecule has 0 aliphatic rings. The summed E-state index contributed by atoms with van der Waals surface area (Å²) in [4.78, 5) is 12.6. The molecule has 0 atom stereocenters. The molecular weight excluding hydrogens is 334 g/mol. The number of benzene rings is 2. The molecule has 1 amide bonds. The van der Waals surface area contributed by atoms with Crippen LogP contribution in [0.5, 0.6) is 5.75 Å². The number of nitrogens with one attached hydrogen (secondary N) is 1. The first-order chi connectivity index (χ1) is 11.0. The zero-order valence-electron chi connectivity index (χ0n) is 12.5. The first-order valence-corrected chi connectivity index (χ1v) is 8.04. The summed E-state index contributed by atoms with van der Waals surface area (Å²) in [5.41, 5.74) is 0.645. The van der Waals surface area contributed by atoms with Crippen LogP contribution in [0.25, 0.3) is 11.0 Å². The van der Waals surface area contributed by atoms with Crippen molar-refractivity contribution in [3.8, 4) is 5.75 Å². The molecule has 1 N–H and O–H groups in total. The number of hydrogen-bond donors (Lipinski definition) is 1. The van der Waals surface area contributed by atoms with Crippen molar-refractivity contribution >= 4 is 46.0 Å². The summed E-state index contributed by atoms with van der Waals surface area (Å²) in [5, 5.41) is 3.22. The number of anilines is 1. The van der Waals surface area contributed by atoms with Crippen molar-refractivity contribution in [1.29, 1.82) is 0 Å². The van der Waals surface area contributed by atoms with E-state index in [9.17, 15) is 4.79 Å². The molecule has 1 heterocycles. The second-order valence-corrected chi connectivity index (χ2v) is 6.37. The molecular formula is C16H14ClN3O2S. The second kappa shape index (κ2) is 6.14. The SMILES string of the molecule is CC(C)(Oc1ccccc1)C(=O)Nc1c(Cl)ccc2nsnc12. The van der Waals surface area contributed by atoms with E-state index in [1.54, 1.807) is 38.1 Å². The maximum atomic E-state index is 12.6. The molecule has 1 aromatic heterocycles. The van der Waals surface area contributed by atoms with E-state index in [1.807, 2.05) is 18.2 Å². The Labute approximate surface area is 142 Å². The number of ether oxygens (including phenoxy) is 1. The molecule has 0 saturated heterocycles. The Morgan fingerprint density at radius 3 is 2.65 bits per heavy atom. The number of hydrogen-bond acceptors (Lipinski definition) is 5. The van der Waals surface area contributed by atoms with Gasteiger partial charge in [0, 0.05) is 0 Å². The number of rotatable bonds is 4. The van der Waals surface area contributed by atoms with Crippen LogP contribution in [0.15, 0.2) is 42.5 Å². The molecule has 0 aliphatic carbocycles. The van der Waals surface area contributed by atoms with Crippen molar-refractivity contribution in [3.63, 3.8) is 0 Å². The molecule has 0 bridgehead atoms. The van der Waals surface area contributed by atoms with Crippen LogP contribution in [0.1, 0.15) is 13.8 Å². The van der Waals surface area contributed by atoms with Crippen LogP contribution in [0.3, 0.4) is 0 Å². The first-order valence-electron chi connectivity index (χ1n) is 6.94. The van der Waals surface area contributed by atoms with Crippen molar-refractivity contribution in [2.75, 3.05) is 5.32 Å². The molecule has 0 unspecified atom stereocenters. The predicted molar refractivity (Wildman–Crippen MR) is 92.2 cm³/mol. The van der Waals surface area contributed by atoms with Crippen molar-refractivity contribution in [3.05, 3.63) is 47.5 Å². The topological polar surface area (TPSA) is 64.1 Å². The molecule has 23 heavy (non-hydrogen) atoms. The third-order valence-electron chi connectivity index (χ3n) is 3.28. The van der Waals surface area contributed by atoms with Gasteiger partial charge in [0.2, 0.25) is 0 Å². The molecule has 0 aliphatic heterocycles. The van der Waals surface area contributed by atoms with E-state index in [2.05, 4.69) is 14.1 Å². The van der Waals surface area contributed by atoms with Gasteiger partial charge in [0.05, 0.1) is 22.4 Å². The number of carbonyl (C=O) groups is 1. The van der Waals surface area contributed by atoms with Crippen molar-refractivity contribution in [2.45, 2.75) is 19.4 Å². The molecule has 3 aromatic rings. The molecule has 5 nitrogen and oxygen atoms in total. The van der Waals surface area contributed by atoms with Gasteiger partial charge in [-0.15, -0.1) is 0 Å². The molecule has 0 fully saturated rings. The van der Waals surface area contributed by atoms with E-state index in [0.717, 1.165) is 11.7 Å². The molecule has 2 aromatic carbocycles. The van der Waals surface area contributed by atoms with E-state index in [1.165, 1.54) is 0 Å². The number of amides is 1. The van der Waals surface area contributed by atoms with Gasteiger partial charge in [-0.2, -0.15) is 8.75 Å². The van der Waals surface area contributed by atoms with Gasteiger partial charge in [0.25, 0.3) is 5.91 Å². The summed E-state index contributed by atoms with van der Waals surface area (Å²) in [7, 11) is 0. The molecule has 7 heteroatoms. The van der Waals surface area contributed by atoms with E-state index in [4.69, 9.17) is 16.3 Å². The highest BCUT2D eigenvalue weighted by molar-refractivity contribution is 7.00. The summed E-state index contributed by atoms with van der Waals surface area (Å²) >= 11 is 7.27. The van der Waals surface area contributed by atoms with Gasteiger partial charge in [-0.25, -0.2) is 0 Å². The fourth-order valence-electron chi connectivity index (χ4n) is 2.04. The van der Waals surface area contributed by atoms with Crippen LogP contribution in [-0.2, 0) is 4.79 Å². The normalized spacial score (nSPS) is 11.4. The number of aromatic nitrogens is 2. The lowest BCUT2D eigenvalue weighted by Gasteiger charge is -2.25. The van der Waals surface area contributed by atoms with Crippen LogP contribution in [-0.4, -0.2) is 20.3 Å². The minimum absolute atomic E-state index is 0.316. The highest BCUT2D eigenvalue weighted by Gasteiger charge is 2.31. The van der Waals surface area contributed by atoms with E-state index < -0.39 is 5.60 Å². The number of para-hydroxylation sites is 1. The minimum atomic E-state index is -1.07. The lowest BCUT2D eigenvalue weighted by Crippen LogP contribution is -2.42. The van der Waals surface area contributed by atoms with Gasteiger partial charge < -0.3 is 10.1 Å². The summed E-state index contributed by atoms with van der Waals surface area (Å²) in [5.74, 6) is 0.302. The maximum Gasteiger partial charge on any atom is 0.268 e. The first kappa shape index (κ1) is 15.7. The maximum absolute atomic E-state index is 12.6. The second-order valence-electron chi connectivity index (χ2n) is 5.43. The number of fused-ring (bicyclic) bond motifs is 1. The fraction of sp³-hybridized carbons (Fsp3) is 0.188. The minimum Gasteiger partial charge on any atom is -0.478 e. The molecule has 0 spiro atoms. The highest BCUT2D eigenvalue weighted by atomic mass is 35.5. The summed E-state index contributed by atoms with van der Waals surface area (Å²) in [6, 6.07) is 12.6. The molecule has 0 saturated carbocycles. The highest BCUT2D eigenvalue weighted by Crippen LogP contribution is 2.31.